The molecule has 6 heteroatoms. The summed E-state index contributed by atoms with van der Waals surface area (Å²) in [5, 5.41) is 2.25. The van der Waals surface area contributed by atoms with E-state index < -0.39 is 11.0 Å². The van der Waals surface area contributed by atoms with Crippen LogP contribution in [0.2, 0.25) is 0 Å². The molecule has 5 nitrogen and oxygen atoms in total. The van der Waals surface area contributed by atoms with Crippen molar-refractivity contribution in [2.24, 2.45) is 17.8 Å². The third kappa shape index (κ3) is 6.55. The van der Waals surface area contributed by atoms with E-state index in [2.05, 4.69) is 254 Å². The SMILES string of the molecule is Cc1cc(-n2c3[c-]c(Oc4[c-]c(N5[CH-]N(C67c8ccccc8C(c8ccccc86)C6(C)c8ccccc8C7(C)c7ccccc76)c6ccccc65)ccc4)ccc3c3ccccc32)ncc1-c1ccc(C23CC4CC(CC(C4)C2)C3)cc1.[Pt]. The summed E-state index contributed by atoms with van der Waals surface area (Å²) in [6.45, 7) is 9.62. The summed E-state index contributed by atoms with van der Waals surface area (Å²) in [4.78, 5) is 10.2. The Hall–Kier alpha value is -7.98. The van der Waals surface area contributed by atoms with Crippen molar-refractivity contribution in [3.8, 4) is 28.4 Å². The summed E-state index contributed by atoms with van der Waals surface area (Å²) in [7, 11) is 0. The Morgan fingerprint density at radius 1 is 0.554 bits per heavy atom. The monoisotopic (exact) mass is 1250 g/mol. The van der Waals surface area contributed by atoms with Gasteiger partial charge in [0, 0.05) is 78.0 Å². The fourth-order valence-electron chi connectivity index (χ4n) is 18.8. The van der Waals surface area contributed by atoms with Gasteiger partial charge >= 0.3 is 0 Å². The van der Waals surface area contributed by atoms with Crippen molar-refractivity contribution in [3.63, 3.8) is 0 Å². The molecular weight excluding hydrogens is 1190 g/mol. The van der Waals surface area contributed by atoms with E-state index in [-0.39, 0.29) is 32.4 Å². The molecule has 4 saturated carbocycles. The van der Waals surface area contributed by atoms with Crippen LogP contribution in [0.3, 0.4) is 0 Å². The van der Waals surface area contributed by atoms with E-state index in [1.807, 2.05) is 12.1 Å². The van der Waals surface area contributed by atoms with Gasteiger partial charge in [-0.15, -0.1) is 41.4 Å². The van der Waals surface area contributed by atoms with Gasteiger partial charge in [-0.05, 0) is 166 Å². The van der Waals surface area contributed by atoms with Crippen LogP contribution in [0.5, 0.6) is 11.5 Å². The molecule has 1 aliphatic heterocycles. The summed E-state index contributed by atoms with van der Waals surface area (Å²) in [5.74, 6) is 4.94. The second-order valence-corrected chi connectivity index (χ2v) is 25.7. The molecule has 0 saturated heterocycles. The van der Waals surface area contributed by atoms with E-state index in [4.69, 9.17) is 9.72 Å². The maximum absolute atomic E-state index is 6.91. The van der Waals surface area contributed by atoms with E-state index in [0.29, 0.717) is 16.9 Å². The van der Waals surface area contributed by atoms with Crippen molar-refractivity contribution in [2.45, 2.75) is 87.0 Å². The summed E-state index contributed by atoms with van der Waals surface area (Å²) < 4.78 is 9.15. The molecule has 22 rings (SSSR count). The number of nitrogens with zero attached hydrogens (tertiary/aromatic N) is 4. The quantitative estimate of drug-likeness (QED) is 0.149. The first-order chi connectivity index (χ1) is 40.2. The Kier molecular flexibility index (Phi) is 10.6. The zero-order chi connectivity index (χ0) is 54.3. The summed E-state index contributed by atoms with van der Waals surface area (Å²) in [5.41, 5.74) is 20.0. The number of fused-ring (bicyclic) bond motifs is 4. The third-order valence-corrected chi connectivity index (χ3v) is 21.6. The van der Waals surface area contributed by atoms with Gasteiger partial charge in [0.15, 0.2) is 0 Å². The van der Waals surface area contributed by atoms with Crippen LogP contribution in [0, 0.1) is 43.5 Å². The van der Waals surface area contributed by atoms with Gasteiger partial charge < -0.3 is 19.1 Å². The summed E-state index contributed by atoms with van der Waals surface area (Å²) >= 11 is 0. The molecule has 9 aromatic carbocycles. The Labute approximate surface area is 500 Å². The van der Waals surface area contributed by atoms with E-state index in [1.54, 1.807) is 5.56 Å². The molecule has 8 bridgehead atoms. The zero-order valence-electron chi connectivity index (χ0n) is 46.8. The Morgan fingerprint density at radius 2 is 1.13 bits per heavy atom. The van der Waals surface area contributed by atoms with Crippen molar-refractivity contribution in [1.29, 1.82) is 0 Å². The van der Waals surface area contributed by atoms with Gasteiger partial charge in [0.2, 0.25) is 0 Å². The van der Waals surface area contributed by atoms with Crippen LogP contribution < -0.4 is 14.5 Å². The molecular formula is C77H61N4OPt-3. The molecule has 0 N–H and O–H groups in total. The Balaban J connectivity index is 0.00000544. The molecule has 3 heterocycles. The number of benzene rings is 9. The number of aromatic nitrogens is 2. The van der Waals surface area contributed by atoms with Crippen LogP contribution in [-0.4, -0.2) is 9.55 Å². The van der Waals surface area contributed by atoms with Crippen molar-refractivity contribution in [3.05, 3.63) is 287 Å². The number of pyridine rings is 1. The molecule has 83 heavy (non-hydrogen) atoms. The second kappa shape index (κ2) is 17.8. The minimum absolute atomic E-state index is 0. The fourth-order valence-corrected chi connectivity index (χ4v) is 18.8. The number of hydrogen-bond acceptors (Lipinski definition) is 4. The molecule has 0 spiro atoms. The number of hydrogen-bond donors (Lipinski definition) is 0. The van der Waals surface area contributed by atoms with Crippen LogP contribution in [0.4, 0.5) is 17.1 Å². The van der Waals surface area contributed by atoms with Crippen LogP contribution >= 0.6 is 0 Å². The molecule has 11 aliphatic rings. The molecule has 2 aromatic heterocycles. The Bertz CT molecular complexity index is 4360. The zero-order valence-corrected chi connectivity index (χ0v) is 49.1. The third-order valence-electron chi connectivity index (χ3n) is 21.6. The van der Waals surface area contributed by atoms with Crippen molar-refractivity contribution < 1.29 is 25.8 Å². The van der Waals surface area contributed by atoms with E-state index >= 15 is 0 Å². The van der Waals surface area contributed by atoms with Crippen LogP contribution in [0.1, 0.15) is 114 Å². The number of rotatable bonds is 7. The Morgan fingerprint density at radius 3 is 1.80 bits per heavy atom. The van der Waals surface area contributed by atoms with Gasteiger partial charge in [-0.25, -0.2) is 4.98 Å². The fraction of sp³-hybridized carbons (Fsp3) is 0.221. The molecule has 0 radical (unpaired) electrons. The normalized spacial score (nSPS) is 26.2. The number of anilines is 3. The predicted molar refractivity (Wildman–Crippen MR) is 329 cm³/mol. The van der Waals surface area contributed by atoms with Crippen molar-refractivity contribution in [1.82, 2.24) is 9.55 Å². The topological polar surface area (TPSA) is 33.5 Å². The van der Waals surface area contributed by atoms with Gasteiger partial charge in [-0.2, -0.15) is 18.8 Å². The molecule has 4 fully saturated rings. The first kappa shape index (κ1) is 49.6. The molecule has 10 aliphatic carbocycles. The van der Waals surface area contributed by atoms with Crippen LogP contribution in [0.15, 0.2) is 212 Å². The largest absolute Gasteiger partial charge is 0.509 e. The standard InChI is InChI=1S/C77H61N4O.Pt/c1-48-37-72(78-46-61(48)52-31-33-53(34-32-52)76-43-49-38-50(44-76)40-51(39-49)45-76)81-68-28-13-6-19-57(68)58-36-35-56(42-71(58)81)82-55-18-16-17-54(41-55)79-47-80(70-30-15-14-29-69(70)79)77-62-22-7-4-20-59(62)73(60-21-5-8-23-63(60)77)74(2)64-24-9-11-26-66(64)75(77,3)67-27-12-10-25-65(67)74;/h4-37,46-47,49-51,73H,38-40,43-45H2,1-3H3;/q-3;. The first-order valence-corrected chi connectivity index (χ1v) is 29.9. The van der Waals surface area contributed by atoms with Crippen LogP contribution in [0.25, 0.3) is 38.8 Å². The predicted octanol–water partition coefficient (Wildman–Crippen LogP) is 18.1. The second-order valence-electron chi connectivity index (χ2n) is 25.7. The molecule has 0 amide bonds. The maximum atomic E-state index is 6.91. The molecule has 0 unspecified atom stereocenters. The average Bonchev–Trinajstić information content (AvgIpc) is 1.23. The van der Waals surface area contributed by atoms with E-state index in [0.717, 1.165) is 62.4 Å². The molecule has 11 aromatic rings. The molecule has 0 atom stereocenters. The number of ether oxygens (including phenoxy) is 1. The minimum atomic E-state index is -0.737. The van der Waals surface area contributed by atoms with Gasteiger partial charge in [0.05, 0.1) is 5.54 Å². The average molecular weight is 1250 g/mol. The minimum Gasteiger partial charge on any atom is -0.509 e. The summed E-state index contributed by atoms with van der Waals surface area (Å²) in [6, 6.07) is 84.8. The first-order valence-electron chi connectivity index (χ1n) is 29.9. The van der Waals surface area contributed by atoms with Crippen LogP contribution in [-0.2, 0) is 42.8 Å². The maximum Gasteiger partial charge on any atom is 0.135 e. The molecule has 408 valence electrons. The van der Waals surface area contributed by atoms with Crippen molar-refractivity contribution >= 4 is 38.9 Å². The van der Waals surface area contributed by atoms with Gasteiger partial charge in [-0.3, -0.25) is 0 Å². The van der Waals surface area contributed by atoms with E-state index in [9.17, 15) is 0 Å². The van der Waals surface area contributed by atoms with Crippen molar-refractivity contribution in [2.75, 3.05) is 9.80 Å². The van der Waals surface area contributed by atoms with Gasteiger partial charge in [0.1, 0.15) is 5.82 Å². The van der Waals surface area contributed by atoms with Gasteiger partial charge in [-0.1, -0.05) is 164 Å². The smallest absolute Gasteiger partial charge is 0.135 e. The number of aryl methyl sites for hydroxylation is 1. The van der Waals surface area contributed by atoms with Gasteiger partial charge in [0.25, 0.3) is 0 Å². The number of para-hydroxylation sites is 3. The van der Waals surface area contributed by atoms with E-state index in [1.165, 1.54) is 99.7 Å². The summed E-state index contributed by atoms with van der Waals surface area (Å²) in [6.07, 6.45) is 10.6.